The van der Waals surface area contributed by atoms with Gasteiger partial charge in [0.05, 0.1) is 0 Å². The zero-order valence-corrected chi connectivity index (χ0v) is 13.1. The van der Waals surface area contributed by atoms with Gasteiger partial charge >= 0.3 is 12.0 Å². The fourth-order valence-electron chi connectivity index (χ4n) is 1.59. The quantitative estimate of drug-likeness (QED) is 0.683. The van der Waals surface area contributed by atoms with E-state index in [-0.39, 0.29) is 6.03 Å². The number of nitrogens with one attached hydrogen (secondary N) is 1. The average Bonchev–Trinajstić information content (AvgIpc) is 2.39. The second-order valence-electron chi connectivity index (χ2n) is 4.67. The van der Waals surface area contributed by atoms with Gasteiger partial charge in [-0.2, -0.15) is 11.8 Å². The molecule has 2 amide bonds. The fraction of sp³-hybridized carbons (Fsp3) is 0.846. The molecular weight excluding hydrogens is 264 g/mol. The number of hydrogen-bond donors (Lipinski definition) is 2. The summed E-state index contributed by atoms with van der Waals surface area (Å²) in [6.45, 7) is 7.31. The van der Waals surface area contributed by atoms with Crippen molar-refractivity contribution in [3.8, 4) is 0 Å². The first kappa shape index (κ1) is 18.1. The molecule has 0 saturated heterocycles. The maximum absolute atomic E-state index is 12.0. The van der Waals surface area contributed by atoms with E-state index < -0.39 is 12.0 Å². The van der Waals surface area contributed by atoms with Gasteiger partial charge in [-0.15, -0.1) is 0 Å². The van der Waals surface area contributed by atoms with Crippen molar-refractivity contribution in [1.82, 2.24) is 10.2 Å². The first-order valence-electron chi connectivity index (χ1n) is 6.73. The lowest BCUT2D eigenvalue weighted by molar-refractivity contribution is -0.139. The normalized spacial score (nSPS) is 13.7. The lowest BCUT2D eigenvalue weighted by Crippen LogP contribution is -2.49. The summed E-state index contributed by atoms with van der Waals surface area (Å²) in [6, 6.07) is -1.08. The molecule has 0 saturated carbocycles. The van der Waals surface area contributed by atoms with Crippen LogP contribution in [0.15, 0.2) is 0 Å². The first-order valence-corrected chi connectivity index (χ1v) is 8.12. The number of amides is 2. The molecule has 0 aromatic heterocycles. The fourth-order valence-corrected chi connectivity index (χ4v) is 2.07. The molecule has 5 nitrogen and oxygen atoms in total. The zero-order chi connectivity index (χ0) is 14.8. The molecule has 0 fully saturated rings. The van der Waals surface area contributed by atoms with Gasteiger partial charge in [0, 0.05) is 13.1 Å². The van der Waals surface area contributed by atoms with Crippen molar-refractivity contribution >= 4 is 23.8 Å². The van der Waals surface area contributed by atoms with Gasteiger partial charge in [-0.25, -0.2) is 9.59 Å². The Bertz CT molecular complexity index is 287. The Balaban J connectivity index is 4.45. The Morgan fingerprint density at radius 1 is 1.37 bits per heavy atom. The maximum Gasteiger partial charge on any atom is 0.326 e. The van der Waals surface area contributed by atoms with Crippen molar-refractivity contribution < 1.29 is 14.7 Å². The molecule has 112 valence electrons. The van der Waals surface area contributed by atoms with Crippen molar-refractivity contribution in [2.75, 3.05) is 25.1 Å². The van der Waals surface area contributed by atoms with Crippen molar-refractivity contribution in [3.63, 3.8) is 0 Å². The number of thioether (sulfide) groups is 1. The van der Waals surface area contributed by atoms with E-state index in [0.717, 1.165) is 6.42 Å². The van der Waals surface area contributed by atoms with Crippen LogP contribution < -0.4 is 5.32 Å². The molecule has 0 aromatic rings. The lowest BCUT2D eigenvalue weighted by atomic mass is 10.1. The summed E-state index contributed by atoms with van der Waals surface area (Å²) >= 11 is 1.57. The highest BCUT2D eigenvalue weighted by Crippen LogP contribution is 2.06. The average molecular weight is 290 g/mol. The molecule has 0 bridgehead atoms. The van der Waals surface area contributed by atoms with Crippen molar-refractivity contribution in [1.29, 1.82) is 0 Å². The number of hydrogen-bond acceptors (Lipinski definition) is 3. The van der Waals surface area contributed by atoms with Crippen LogP contribution in [-0.2, 0) is 4.79 Å². The Hall–Kier alpha value is -0.910. The molecular formula is C13H26N2O3S. The molecule has 0 aliphatic rings. The van der Waals surface area contributed by atoms with Gasteiger partial charge in [0.15, 0.2) is 0 Å². The Morgan fingerprint density at radius 3 is 2.42 bits per heavy atom. The maximum atomic E-state index is 12.0. The SMILES string of the molecule is CCC(C)CN(CC)C(=O)NC(CCSC)C(=O)O. The van der Waals surface area contributed by atoms with E-state index in [9.17, 15) is 9.59 Å². The molecule has 0 aliphatic heterocycles. The van der Waals surface area contributed by atoms with Crippen molar-refractivity contribution in [2.24, 2.45) is 5.92 Å². The van der Waals surface area contributed by atoms with Crippen LogP contribution in [0.25, 0.3) is 0 Å². The van der Waals surface area contributed by atoms with Crippen LogP contribution in [0.2, 0.25) is 0 Å². The van der Waals surface area contributed by atoms with Gasteiger partial charge in [0.25, 0.3) is 0 Å². The summed E-state index contributed by atoms with van der Waals surface area (Å²) in [5.74, 6) is 0.163. The van der Waals surface area contributed by atoms with Crippen molar-refractivity contribution in [3.05, 3.63) is 0 Å². The van der Waals surface area contributed by atoms with E-state index in [2.05, 4.69) is 19.2 Å². The highest BCUT2D eigenvalue weighted by molar-refractivity contribution is 7.98. The molecule has 0 aromatic carbocycles. The Kier molecular flexibility index (Phi) is 9.47. The molecule has 0 heterocycles. The predicted octanol–water partition coefficient (Wildman–Crippen LogP) is 2.27. The minimum absolute atomic E-state index is 0.281. The summed E-state index contributed by atoms with van der Waals surface area (Å²) in [7, 11) is 0. The van der Waals surface area contributed by atoms with Crippen molar-refractivity contribution in [2.45, 2.75) is 39.7 Å². The third-order valence-corrected chi connectivity index (χ3v) is 3.75. The van der Waals surface area contributed by atoms with Crippen LogP contribution >= 0.6 is 11.8 Å². The van der Waals surface area contributed by atoms with Crippen LogP contribution in [0.1, 0.15) is 33.6 Å². The number of carbonyl (C=O) groups excluding carboxylic acids is 1. The summed E-state index contributed by atoms with van der Waals surface area (Å²) in [6.07, 6.45) is 3.36. The molecule has 2 atom stereocenters. The molecule has 6 heteroatoms. The number of carbonyl (C=O) groups is 2. The minimum Gasteiger partial charge on any atom is -0.480 e. The Labute approximate surface area is 120 Å². The molecule has 2 N–H and O–H groups in total. The van der Waals surface area contributed by atoms with E-state index in [1.54, 1.807) is 16.7 Å². The summed E-state index contributed by atoms with van der Waals surface area (Å²) in [4.78, 5) is 24.8. The monoisotopic (exact) mass is 290 g/mol. The second-order valence-corrected chi connectivity index (χ2v) is 5.66. The smallest absolute Gasteiger partial charge is 0.326 e. The number of carboxylic acids is 1. The van der Waals surface area contributed by atoms with Crippen LogP contribution in [0.4, 0.5) is 4.79 Å². The van der Waals surface area contributed by atoms with Crippen LogP contribution in [0.3, 0.4) is 0 Å². The number of aliphatic carboxylic acids is 1. The van der Waals surface area contributed by atoms with Gasteiger partial charge in [0.1, 0.15) is 6.04 Å². The predicted molar refractivity (Wildman–Crippen MR) is 79.7 cm³/mol. The standard InChI is InChI=1S/C13H26N2O3S/c1-5-10(3)9-15(6-2)13(18)14-11(12(16)17)7-8-19-4/h10-11H,5-9H2,1-4H3,(H,14,18)(H,16,17). The van der Waals surface area contributed by atoms with Gasteiger partial charge in [-0.3, -0.25) is 0 Å². The first-order chi connectivity index (χ1) is 8.96. The number of rotatable bonds is 9. The molecule has 0 spiro atoms. The molecule has 2 unspecified atom stereocenters. The topological polar surface area (TPSA) is 69.6 Å². The number of carboxylic acid groups (broad SMARTS) is 1. The second kappa shape index (κ2) is 9.95. The molecule has 0 radical (unpaired) electrons. The van der Waals surface area contributed by atoms with Gasteiger partial charge in [-0.1, -0.05) is 20.3 Å². The van der Waals surface area contributed by atoms with E-state index in [0.29, 0.717) is 31.2 Å². The summed E-state index contributed by atoms with van der Waals surface area (Å²) in [5, 5.41) is 11.7. The van der Waals surface area contributed by atoms with Gasteiger partial charge in [-0.05, 0) is 31.3 Å². The zero-order valence-electron chi connectivity index (χ0n) is 12.3. The summed E-state index contributed by atoms with van der Waals surface area (Å²) < 4.78 is 0. The van der Waals surface area contributed by atoms with Crippen LogP contribution in [0, 0.1) is 5.92 Å². The van der Waals surface area contributed by atoms with E-state index in [4.69, 9.17) is 5.11 Å². The lowest BCUT2D eigenvalue weighted by Gasteiger charge is -2.26. The highest BCUT2D eigenvalue weighted by Gasteiger charge is 2.22. The van der Waals surface area contributed by atoms with Crippen LogP contribution in [0.5, 0.6) is 0 Å². The van der Waals surface area contributed by atoms with Gasteiger partial charge in [0.2, 0.25) is 0 Å². The largest absolute Gasteiger partial charge is 0.480 e. The van der Waals surface area contributed by atoms with Crippen LogP contribution in [-0.4, -0.2) is 53.1 Å². The van der Waals surface area contributed by atoms with E-state index in [1.807, 2.05) is 13.2 Å². The highest BCUT2D eigenvalue weighted by atomic mass is 32.2. The molecule has 0 rings (SSSR count). The summed E-state index contributed by atoms with van der Waals surface area (Å²) in [5.41, 5.74) is 0. The third kappa shape index (κ3) is 7.30. The number of urea groups is 1. The third-order valence-electron chi connectivity index (χ3n) is 3.10. The minimum atomic E-state index is -0.970. The number of nitrogens with zero attached hydrogens (tertiary/aromatic N) is 1. The van der Waals surface area contributed by atoms with E-state index >= 15 is 0 Å². The Morgan fingerprint density at radius 2 is 2.00 bits per heavy atom. The molecule has 19 heavy (non-hydrogen) atoms. The van der Waals surface area contributed by atoms with Gasteiger partial charge < -0.3 is 15.3 Å². The molecule has 0 aliphatic carbocycles. The van der Waals surface area contributed by atoms with E-state index in [1.165, 1.54) is 0 Å².